The molecule has 0 spiro atoms. The van der Waals surface area contributed by atoms with Gasteiger partial charge in [-0.15, -0.1) is 0 Å². The van der Waals surface area contributed by atoms with E-state index in [0.29, 0.717) is 30.2 Å². The van der Waals surface area contributed by atoms with Gasteiger partial charge in [0.05, 0.1) is 6.61 Å². The van der Waals surface area contributed by atoms with Gasteiger partial charge in [0.25, 0.3) is 5.91 Å². The van der Waals surface area contributed by atoms with E-state index in [1.54, 1.807) is 6.07 Å². The molecular formula is C29H39N3O3S. The Balaban J connectivity index is 1.47. The Kier molecular flexibility index (Phi) is 9.49. The second-order valence-corrected chi connectivity index (χ2v) is 11.0. The summed E-state index contributed by atoms with van der Waals surface area (Å²) in [5, 5.41) is 6.08. The number of nitrogens with zero attached hydrogens (tertiary/aromatic N) is 1. The van der Waals surface area contributed by atoms with Crippen molar-refractivity contribution >= 4 is 34.8 Å². The number of likely N-dealkylation sites (tertiary alicyclic amines) is 1. The molecule has 0 atom stereocenters. The van der Waals surface area contributed by atoms with Gasteiger partial charge in [-0.2, -0.15) is 0 Å². The minimum atomic E-state index is -0.611. The molecule has 0 aromatic heterocycles. The summed E-state index contributed by atoms with van der Waals surface area (Å²) >= 11 is 5.39. The Morgan fingerprint density at radius 1 is 1.11 bits per heavy atom. The third-order valence-electron chi connectivity index (χ3n) is 6.83. The van der Waals surface area contributed by atoms with E-state index in [-0.39, 0.29) is 16.9 Å². The smallest absolute Gasteiger partial charge is 0.253 e. The molecule has 2 N–H and O–H groups in total. The van der Waals surface area contributed by atoms with Crippen LogP contribution in [0, 0.1) is 25.2 Å². The van der Waals surface area contributed by atoms with Gasteiger partial charge in [-0.1, -0.05) is 39.0 Å². The summed E-state index contributed by atoms with van der Waals surface area (Å²) in [5.41, 5.74) is 2.95. The number of hydrogen-bond acceptors (Lipinski definition) is 4. The van der Waals surface area contributed by atoms with Gasteiger partial charge >= 0.3 is 0 Å². The van der Waals surface area contributed by atoms with Gasteiger partial charge < -0.3 is 20.3 Å². The van der Waals surface area contributed by atoms with Gasteiger partial charge in [-0.05, 0) is 93.1 Å². The first-order valence-corrected chi connectivity index (χ1v) is 13.2. The highest BCUT2D eigenvalue weighted by Crippen LogP contribution is 2.25. The lowest BCUT2D eigenvalue weighted by atomic mass is 9.87. The minimum Gasteiger partial charge on any atom is -0.493 e. The van der Waals surface area contributed by atoms with Crippen molar-refractivity contribution in [2.75, 3.05) is 25.0 Å². The van der Waals surface area contributed by atoms with Gasteiger partial charge in [0.2, 0.25) is 5.91 Å². The lowest BCUT2D eigenvalue weighted by molar-refractivity contribution is -0.128. The molecule has 2 aromatic rings. The van der Waals surface area contributed by atoms with Crippen LogP contribution in [-0.2, 0) is 4.79 Å². The Morgan fingerprint density at radius 3 is 2.56 bits per heavy atom. The Morgan fingerprint density at radius 2 is 1.83 bits per heavy atom. The number of rotatable bonds is 8. The van der Waals surface area contributed by atoms with Crippen LogP contribution in [-0.4, -0.2) is 41.5 Å². The zero-order valence-electron chi connectivity index (χ0n) is 22.1. The Bertz CT molecular complexity index is 1090. The minimum absolute atomic E-state index is 0.0321. The van der Waals surface area contributed by atoms with Crippen molar-refractivity contribution in [3.63, 3.8) is 0 Å². The van der Waals surface area contributed by atoms with Crippen molar-refractivity contribution in [3.05, 3.63) is 59.2 Å². The van der Waals surface area contributed by atoms with E-state index in [0.717, 1.165) is 49.2 Å². The number of aryl methyl sites for hydroxylation is 2. The Hall–Kier alpha value is -2.93. The number of piperidine rings is 1. The second-order valence-electron chi connectivity index (χ2n) is 10.6. The molecule has 194 valence electrons. The summed E-state index contributed by atoms with van der Waals surface area (Å²) in [5.74, 6) is 1.43. The molecule has 0 bridgehead atoms. The first kappa shape index (κ1) is 27.7. The summed E-state index contributed by atoms with van der Waals surface area (Å²) in [6.45, 7) is 12.2. The molecule has 1 fully saturated rings. The molecule has 1 saturated heterocycles. The molecule has 7 heteroatoms. The van der Waals surface area contributed by atoms with Crippen molar-refractivity contribution in [1.82, 2.24) is 10.2 Å². The predicted molar refractivity (Wildman–Crippen MR) is 150 cm³/mol. The van der Waals surface area contributed by atoms with Gasteiger partial charge in [0, 0.05) is 29.8 Å². The van der Waals surface area contributed by atoms with Gasteiger partial charge in [0.15, 0.2) is 5.11 Å². The van der Waals surface area contributed by atoms with Gasteiger partial charge in [-0.25, -0.2) is 0 Å². The average molecular weight is 510 g/mol. The third-order valence-corrected chi connectivity index (χ3v) is 7.03. The summed E-state index contributed by atoms with van der Waals surface area (Å²) < 4.78 is 5.93. The third kappa shape index (κ3) is 7.79. The van der Waals surface area contributed by atoms with Gasteiger partial charge in [-0.3, -0.25) is 9.59 Å². The molecule has 1 heterocycles. The molecule has 3 rings (SSSR count). The fraction of sp³-hybridized carbons (Fsp3) is 0.483. The van der Waals surface area contributed by atoms with Crippen LogP contribution in [0.3, 0.4) is 0 Å². The number of ether oxygens (including phenoxy) is 1. The molecule has 0 radical (unpaired) electrons. The predicted octanol–water partition coefficient (Wildman–Crippen LogP) is 5.87. The second kappa shape index (κ2) is 12.3. The fourth-order valence-corrected chi connectivity index (χ4v) is 4.44. The Labute approximate surface area is 220 Å². The highest BCUT2D eigenvalue weighted by Gasteiger charge is 2.28. The van der Waals surface area contributed by atoms with E-state index in [9.17, 15) is 9.59 Å². The van der Waals surface area contributed by atoms with E-state index < -0.39 is 5.41 Å². The largest absolute Gasteiger partial charge is 0.493 e. The summed E-state index contributed by atoms with van der Waals surface area (Å²) in [6.07, 6.45) is 3.47. The fourth-order valence-electron chi connectivity index (χ4n) is 4.23. The molecule has 6 nitrogen and oxygen atoms in total. The standard InChI is InChI=1S/C29H39N3O3S/c1-20-12-15-32(16-13-20)26(33)23-8-6-9-24(19-23)30-28(36)31-27(34)29(4,5)14-7-17-35-25-18-21(2)10-11-22(25)3/h6,8-11,18-20H,7,12-17H2,1-5H3,(H2,30,31,34,36). The van der Waals surface area contributed by atoms with Crippen LogP contribution < -0.4 is 15.4 Å². The van der Waals surface area contributed by atoms with Crippen molar-refractivity contribution in [1.29, 1.82) is 0 Å². The van der Waals surface area contributed by atoms with Crippen LogP contribution in [0.25, 0.3) is 0 Å². The lowest BCUT2D eigenvalue weighted by Gasteiger charge is -2.30. The maximum absolute atomic E-state index is 12.9. The van der Waals surface area contributed by atoms with E-state index in [1.807, 2.05) is 56.9 Å². The molecule has 36 heavy (non-hydrogen) atoms. The quantitative estimate of drug-likeness (QED) is 0.344. The number of amides is 2. The first-order valence-electron chi connectivity index (χ1n) is 12.8. The molecule has 2 amide bonds. The van der Waals surface area contributed by atoms with Crippen LogP contribution in [0.5, 0.6) is 5.75 Å². The van der Waals surface area contributed by atoms with Crippen LogP contribution in [0.1, 0.15) is 67.9 Å². The molecule has 1 aliphatic rings. The lowest BCUT2D eigenvalue weighted by Crippen LogP contribution is -2.42. The van der Waals surface area contributed by atoms with Crippen LogP contribution in [0.2, 0.25) is 0 Å². The maximum Gasteiger partial charge on any atom is 0.253 e. The number of benzene rings is 2. The topological polar surface area (TPSA) is 70.7 Å². The molecular weight excluding hydrogens is 470 g/mol. The maximum atomic E-state index is 12.9. The number of nitrogens with one attached hydrogen (secondary N) is 2. The van der Waals surface area contributed by atoms with E-state index in [2.05, 4.69) is 29.7 Å². The van der Waals surface area contributed by atoms with Crippen molar-refractivity contribution in [2.45, 2.75) is 60.3 Å². The molecule has 0 aliphatic carbocycles. The summed E-state index contributed by atoms with van der Waals surface area (Å²) in [4.78, 5) is 27.7. The number of carbonyl (C=O) groups is 2. The molecule has 2 aromatic carbocycles. The zero-order valence-corrected chi connectivity index (χ0v) is 23.0. The highest BCUT2D eigenvalue weighted by molar-refractivity contribution is 7.80. The van der Waals surface area contributed by atoms with E-state index in [1.165, 1.54) is 0 Å². The van der Waals surface area contributed by atoms with Crippen LogP contribution in [0.4, 0.5) is 5.69 Å². The average Bonchev–Trinajstić information content (AvgIpc) is 2.84. The normalized spacial score (nSPS) is 14.3. The monoisotopic (exact) mass is 509 g/mol. The zero-order chi connectivity index (χ0) is 26.3. The van der Waals surface area contributed by atoms with E-state index >= 15 is 0 Å². The number of hydrogen-bond donors (Lipinski definition) is 2. The number of carbonyl (C=O) groups excluding carboxylic acids is 2. The number of anilines is 1. The highest BCUT2D eigenvalue weighted by atomic mass is 32.1. The molecule has 0 saturated carbocycles. The summed E-state index contributed by atoms with van der Waals surface area (Å²) in [7, 11) is 0. The van der Waals surface area contributed by atoms with Crippen molar-refractivity contribution in [2.24, 2.45) is 11.3 Å². The van der Waals surface area contributed by atoms with E-state index in [4.69, 9.17) is 17.0 Å². The van der Waals surface area contributed by atoms with Crippen LogP contribution >= 0.6 is 12.2 Å². The first-order chi connectivity index (χ1) is 17.0. The van der Waals surface area contributed by atoms with Crippen molar-refractivity contribution in [3.8, 4) is 5.75 Å². The SMILES string of the molecule is Cc1ccc(C)c(OCCCC(C)(C)C(=O)NC(=S)Nc2cccc(C(=O)N3CCC(C)CC3)c2)c1. The number of thiocarbonyl (C=S) groups is 1. The van der Waals surface area contributed by atoms with Gasteiger partial charge in [0.1, 0.15) is 5.75 Å². The molecule has 1 aliphatic heterocycles. The summed E-state index contributed by atoms with van der Waals surface area (Å²) in [6, 6.07) is 13.4. The molecule has 0 unspecified atom stereocenters. The van der Waals surface area contributed by atoms with Crippen molar-refractivity contribution < 1.29 is 14.3 Å². The van der Waals surface area contributed by atoms with Crippen LogP contribution in [0.15, 0.2) is 42.5 Å².